The molecular formula is C21H10Cl3N3O2S. The molecule has 0 saturated heterocycles. The zero-order valence-corrected chi connectivity index (χ0v) is 18.0. The molecule has 0 aliphatic rings. The van der Waals surface area contributed by atoms with Gasteiger partial charge in [0.15, 0.2) is 11.2 Å². The molecular weight excluding hydrogens is 465 g/mol. The molecule has 0 unspecified atom stereocenters. The number of anilines is 1. The first-order valence-electron chi connectivity index (χ1n) is 8.70. The monoisotopic (exact) mass is 473 g/mol. The van der Waals surface area contributed by atoms with Crippen molar-refractivity contribution in [2.24, 2.45) is 0 Å². The van der Waals surface area contributed by atoms with Gasteiger partial charge in [0, 0.05) is 26.9 Å². The highest BCUT2D eigenvalue weighted by Gasteiger charge is 2.19. The van der Waals surface area contributed by atoms with Crippen LogP contribution in [0.1, 0.15) is 9.67 Å². The lowest BCUT2D eigenvalue weighted by Crippen LogP contribution is -2.11. The number of benzene rings is 2. The minimum absolute atomic E-state index is 0.365. The first-order valence-corrected chi connectivity index (χ1v) is 10.6. The van der Waals surface area contributed by atoms with E-state index in [0.29, 0.717) is 48.3 Å². The fraction of sp³-hybridized carbons (Fsp3) is 0. The Kier molecular flexibility index (Phi) is 4.87. The smallest absolute Gasteiger partial charge is 0.267 e. The molecule has 9 heteroatoms. The SMILES string of the molecule is O=C(Nc1cc(-c2nc3ncccc3o2)ccc1Cl)c1sc2cc(Cl)ccc2c1Cl. The number of nitrogens with one attached hydrogen (secondary N) is 1. The molecule has 2 aromatic carbocycles. The second kappa shape index (κ2) is 7.56. The van der Waals surface area contributed by atoms with Crippen LogP contribution in [0, 0.1) is 0 Å². The van der Waals surface area contributed by atoms with E-state index in [1.54, 1.807) is 54.7 Å². The van der Waals surface area contributed by atoms with Gasteiger partial charge in [0.25, 0.3) is 5.91 Å². The molecule has 148 valence electrons. The number of halogens is 3. The molecule has 3 heterocycles. The molecule has 5 nitrogen and oxygen atoms in total. The van der Waals surface area contributed by atoms with E-state index >= 15 is 0 Å². The summed E-state index contributed by atoms with van der Waals surface area (Å²) in [5, 5.41) is 4.93. The van der Waals surface area contributed by atoms with E-state index in [1.165, 1.54) is 11.3 Å². The minimum Gasteiger partial charge on any atom is -0.434 e. The van der Waals surface area contributed by atoms with Gasteiger partial charge in [-0.25, -0.2) is 4.98 Å². The van der Waals surface area contributed by atoms with Crippen molar-refractivity contribution in [3.05, 3.63) is 74.7 Å². The van der Waals surface area contributed by atoms with Crippen LogP contribution in [0.2, 0.25) is 15.1 Å². The maximum Gasteiger partial charge on any atom is 0.267 e. The van der Waals surface area contributed by atoms with E-state index in [9.17, 15) is 4.79 Å². The van der Waals surface area contributed by atoms with Crippen LogP contribution in [0.4, 0.5) is 5.69 Å². The predicted molar refractivity (Wildman–Crippen MR) is 122 cm³/mol. The number of nitrogens with zero attached hydrogens (tertiary/aromatic N) is 2. The lowest BCUT2D eigenvalue weighted by atomic mass is 10.2. The highest BCUT2D eigenvalue weighted by Crippen LogP contribution is 2.38. The van der Waals surface area contributed by atoms with Crippen LogP contribution < -0.4 is 5.32 Å². The molecule has 0 fully saturated rings. The van der Waals surface area contributed by atoms with Crippen LogP contribution in [0.3, 0.4) is 0 Å². The Hall–Kier alpha value is -2.64. The third-order valence-corrected chi connectivity index (χ3v) is 6.64. The van der Waals surface area contributed by atoms with E-state index < -0.39 is 0 Å². The normalized spacial score (nSPS) is 11.3. The number of amides is 1. The summed E-state index contributed by atoms with van der Waals surface area (Å²) in [5.41, 5.74) is 2.15. The quantitative estimate of drug-likeness (QED) is 0.297. The third-order valence-electron chi connectivity index (χ3n) is 4.42. The first-order chi connectivity index (χ1) is 14.5. The minimum atomic E-state index is -0.365. The van der Waals surface area contributed by atoms with Gasteiger partial charge in [-0.2, -0.15) is 4.98 Å². The maximum absolute atomic E-state index is 12.9. The van der Waals surface area contributed by atoms with Crippen LogP contribution in [0.5, 0.6) is 0 Å². The molecule has 3 aromatic heterocycles. The second-order valence-electron chi connectivity index (χ2n) is 6.38. The standard InChI is InChI=1S/C21H10Cl3N3O2S/c22-11-4-5-12-16(9-11)30-18(17(12)24)20(28)26-14-8-10(3-6-13(14)23)21-27-19-15(29-21)2-1-7-25-19/h1-9H,(H,26,28). The van der Waals surface area contributed by atoms with Gasteiger partial charge in [0.2, 0.25) is 5.89 Å². The molecule has 1 N–H and O–H groups in total. The van der Waals surface area contributed by atoms with Gasteiger partial charge in [0.05, 0.1) is 15.7 Å². The van der Waals surface area contributed by atoms with E-state index in [4.69, 9.17) is 39.2 Å². The molecule has 5 rings (SSSR count). The molecule has 0 aliphatic carbocycles. The lowest BCUT2D eigenvalue weighted by Gasteiger charge is -2.08. The number of hydrogen-bond acceptors (Lipinski definition) is 5. The summed E-state index contributed by atoms with van der Waals surface area (Å²) in [4.78, 5) is 21.8. The summed E-state index contributed by atoms with van der Waals surface area (Å²) in [7, 11) is 0. The average Bonchev–Trinajstić information content (AvgIpc) is 3.30. The summed E-state index contributed by atoms with van der Waals surface area (Å²) in [6.45, 7) is 0. The third kappa shape index (κ3) is 3.42. The predicted octanol–water partition coefficient (Wildman–Crippen LogP) is 7.32. The zero-order chi connectivity index (χ0) is 20.8. The average molecular weight is 475 g/mol. The van der Waals surface area contributed by atoms with Crippen LogP contribution in [-0.2, 0) is 0 Å². The highest BCUT2D eigenvalue weighted by molar-refractivity contribution is 7.21. The van der Waals surface area contributed by atoms with Crippen LogP contribution in [-0.4, -0.2) is 15.9 Å². The Balaban J connectivity index is 1.49. The van der Waals surface area contributed by atoms with Crippen molar-refractivity contribution >= 4 is 79.1 Å². The Labute approximate surface area is 189 Å². The molecule has 30 heavy (non-hydrogen) atoms. The second-order valence-corrected chi connectivity index (χ2v) is 8.65. The van der Waals surface area contributed by atoms with E-state index in [1.807, 2.05) is 0 Å². The molecule has 0 saturated carbocycles. The fourth-order valence-corrected chi connectivity index (χ4v) is 4.86. The number of thiophene rings is 1. The van der Waals surface area contributed by atoms with Gasteiger partial charge in [-0.3, -0.25) is 4.79 Å². The molecule has 0 spiro atoms. The number of aromatic nitrogens is 2. The van der Waals surface area contributed by atoms with Gasteiger partial charge in [-0.15, -0.1) is 11.3 Å². The molecule has 5 aromatic rings. The topological polar surface area (TPSA) is 68.0 Å². The summed E-state index contributed by atoms with van der Waals surface area (Å²) in [6, 6.07) is 14.0. The van der Waals surface area contributed by atoms with Gasteiger partial charge in [0.1, 0.15) is 4.88 Å². The summed E-state index contributed by atoms with van der Waals surface area (Å²) in [5.74, 6) is 0.0148. The Morgan fingerprint density at radius 2 is 1.93 bits per heavy atom. The number of pyridine rings is 1. The van der Waals surface area contributed by atoms with Crippen molar-refractivity contribution < 1.29 is 9.21 Å². The number of oxazole rings is 1. The Bertz CT molecular complexity index is 1410. The summed E-state index contributed by atoms with van der Waals surface area (Å²) in [6.07, 6.45) is 1.64. The Morgan fingerprint density at radius 1 is 1.07 bits per heavy atom. The Morgan fingerprint density at radius 3 is 2.77 bits per heavy atom. The van der Waals surface area contributed by atoms with Crippen molar-refractivity contribution in [1.82, 2.24) is 9.97 Å². The summed E-state index contributed by atoms with van der Waals surface area (Å²) >= 11 is 20.0. The molecule has 0 bridgehead atoms. The van der Waals surface area contributed by atoms with E-state index in [-0.39, 0.29) is 5.91 Å². The summed E-state index contributed by atoms with van der Waals surface area (Å²) < 4.78 is 6.58. The molecule has 0 radical (unpaired) electrons. The van der Waals surface area contributed by atoms with Crippen molar-refractivity contribution in [1.29, 1.82) is 0 Å². The van der Waals surface area contributed by atoms with Crippen LogP contribution in [0.15, 0.2) is 59.1 Å². The molecule has 0 aliphatic heterocycles. The molecule has 1 amide bonds. The van der Waals surface area contributed by atoms with Crippen molar-refractivity contribution in [3.8, 4) is 11.5 Å². The van der Waals surface area contributed by atoms with Gasteiger partial charge >= 0.3 is 0 Å². The number of hydrogen-bond donors (Lipinski definition) is 1. The van der Waals surface area contributed by atoms with E-state index in [0.717, 1.165) is 10.1 Å². The van der Waals surface area contributed by atoms with Crippen molar-refractivity contribution in [3.63, 3.8) is 0 Å². The fourth-order valence-electron chi connectivity index (χ4n) is 3.01. The van der Waals surface area contributed by atoms with Crippen LogP contribution >= 0.6 is 46.1 Å². The van der Waals surface area contributed by atoms with Gasteiger partial charge < -0.3 is 9.73 Å². The zero-order valence-electron chi connectivity index (χ0n) is 14.9. The number of carbonyl (C=O) groups excluding carboxylic acids is 1. The first kappa shape index (κ1) is 19.3. The number of carbonyl (C=O) groups is 1. The van der Waals surface area contributed by atoms with Crippen molar-refractivity contribution in [2.75, 3.05) is 5.32 Å². The lowest BCUT2D eigenvalue weighted by molar-refractivity contribution is 0.103. The number of fused-ring (bicyclic) bond motifs is 2. The highest BCUT2D eigenvalue weighted by atomic mass is 35.5. The van der Waals surface area contributed by atoms with Crippen molar-refractivity contribution in [2.45, 2.75) is 0 Å². The van der Waals surface area contributed by atoms with Gasteiger partial charge in [-0.1, -0.05) is 40.9 Å². The van der Waals surface area contributed by atoms with Crippen LogP contribution in [0.25, 0.3) is 32.8 Å². The maximum atomic E-state index is 12.9. The number of rotatable bonds is 3. The largest absolute Gasteiger partial charge is 0.434 e. The van der Waals surface area contributed by atoms with E-state index in [2.05, 4.69) is 15.3 Å². The van der Waals surface area contributed by atoms with Gasteiger partial charge in [-0.05, 0) is 42.5 Å². The molecule has 0 atom stereocenters.